The minimum atomic E-state index is -0.192. The van der Waals surface area contributed by atoms with E-state index in [9.17, 15) is 4.79 Å². The van der Waals surface area contributed by atoms with Crippen molar-refractivity contribution in [3.8, 4) is 5.69 Å². The van der Waals surface area contributed by atoms with Crippen LogP contribution in [0.3, 0.4) is 0 Å². The van der Waals surface area contributed by atoms with Gasteiger partial charge in [-0.05, 0) is 61.2 Å². The molecule has 0 N–H and O–H groups in total. The minimum Gasteiger partial charge on any atom is -0.342 e. The maximum atomic E-state index is 12.5. The number of hydrogen-bond acceptors (Lipinski definition) is 5. The third kappa shape index (κ3) is 3.24. The van der Waals surface area contributed by atoms with Crippen LogP contribution in [0.4, 0.5) is 0 Å². The first-order valence-electron chi connectivity index (χ1n) is 7.88. The highest BCUT2D eigenvalue weighted by atomic mass is 32.2. The molecule has 0 bridgehead atoms. The van der Waals surface area contributed by atoms with Crippen molar-refractivity contribution in [1.82, 2.24) is 25.1 Å². The first kappa shape index (κ1) is 16.0. The second kappa shape index (κ2) is 6.70. The normalized spacial score (nSPS) is 15.9. The number of rotatable bonds is 4. The molecular weight excluding hydrogens is 310 g/mol. The number of aromatic nitrogens is 4. The van der Waals surface area contributed by atoms with Gasteiger partial charge < -0.3 is 4.90 Å². The van der Waals surface area contributed by atoms with E-state index in [1.807, 2.05) is 24.0 Å². The Kier molecular flexibility index (Phi) is 4.66. The quantitative estimate of drug-likeness (QED) is 0.805. The molecule has 0 aliphatic carbocycles. The molecule has 1 unspecified atom stereocenters. The molecule has 1 fully saturated rings. The van der Waals surface area contributed by atoms with Crippen LogP contribution in [0.1, 0.15) is 30.9 Å². The number of carbonyl (C=O) groups is 1. The van der Waals surface area contributed by atoms with Crippen molar-refractivity contribution < 1.29 is 4.79 Å². The van der Waals surface area contributed by atoms with Gasteiger partial charge in [0.15, 0.2) is 0 Å². The summed E-state index contributed by atoms with van der Waals surface area (Å²) in [6.45, 7) is 7.78. The summed E-state index contributed by atoms with van der Waals surface area (Å²) in [5.74, 6) is 0.169. The molecule has 1 aromatic carbocycles. The summed E-state index contributed by atoms with van der Waals surface area (Å²) in [5, 5.41) is 12.5. The van der Waals surface area contributed by atoms with Gasteiger partial charge in [0.2, 0.25) is 11.1 Å². The average Bonchev–Trinajstić information content (AvgIpc) is 3.21. The molecule has 1 aromatic heterocycles. The second-order valence-corrected chi connectivity index (χ2v) is 7.19. The molecule has 0 saturated carbocycles. The summed E-state index contributed by atoms with van der Waals surface area (Å²) >= 11 is 1.42. The molecule has 23 heavy (non-hydrogen) atoms. The number of aryl methyl sites for hydroxylation is 1. The van der Waals surface area contributed by atoms with Crippen LogP contribution in [0.15, 0.2) is 23.4 Å². The lowest BCUT2D eigenvalue weighted by molar-refractivity contribution is -0.129. The molecular formula is C16H21N5OS. The Morgan fingerprint density at radius 3 is 2.74 bits per heavy atom. The fourth-order valence-corrected chi connectivity index (χ4v) is 3.66. The zero-order valence-corrected chi connectivity index (χ0v) is 14.5. The molecule has 1 amide bonds. The van der Waals surface area contributed by atoms with Crippen LogP contribution in [0, 0.1) is 13.8 Å². The van der Waals surface area contributed by atoms with Gasteiger partial charge in [0.05, 0.1) is 10.9 Å². The Morgan fingerprint density at radius 1 is 1.26 bits per heavy atom. The largest absolute Gasteiger partial charge is 0.342 e. The summed E-state index contributed by atoms with van der Waals surface area (Å²) in [6.07, 6.45) is 2.20. The van der Waals surface area contributed by atoms with E-state index in [4.69, 9.17) is 0 Å². The van der Waals surface area contributed by atoms with E-state index < -0.39 is 0 Å². The van der Waals surface area contributed by atoms with Crippen molar-refractivity contribution in [3.63, 3.8) is 0 Å². The van der Waals surface area contributed by atoms with Crippen molar-refractivity contribution >= 4 is 17.7 Å². The molecule has 2 aromatic rings. The van der Waals surface area contributed by atoms with Gasteiger partial charge in [-0.3, -0.25) is 4.79 Å². The fraction of sp³-hybridized carbons (Fsp3) is 0.500. The summed E-state index contributed by atoms with van der Waals surface area (Å²) < 4.78 is 1.72. The Balaban J connectivity index is 1.81. The number of amides is 1. The van der Waals surface area contributed by atoms with Crippen LogP contribution in [0.5, 0.6) is 0 Å². The molecule has 1 atom stereocenters. The number of nitrogens with zero attached hydrogens (tertiary/aromatic N) is 5. The topological polar surface area (TPSA) is 63.9 Å². The van der Waals surface area contributed by atoms with Crippen LogP contribution in [0.25, 0.3) is 5.69 Å². The van der Waals surface area contributed by atoms with Crippen molar-refractivity contribution in [3.05, 3.63) is 29.3 Å². The van der Waals surface area contributed by atoms with Crippen molar-refractivity contribution in [2.75, 3.05) is 13.1 Å². The first-order valence-corrected chi connectivity index (χ1v) is 8.76. The molecule has 0 radical (unpaired) electrons. The average molecular weight is 331 g/mol. The van der Waals surface area contributed by atoms with Gasteiger partial charge in [-0.15, -0.1) is 5.10 Å². The standard InChI is InChI=1S/C16H21N5OS/c1-11-7-6-8-14(12(11)2)21-16(17-18-19-21)23-13(3)15(22)20-9-4-5-10-20/h6-8,13H,4-5,9-10H2,1-3H3. The summed E-state index contributed by atoms with van der Waals surface area (Å²) in [4.78, 5) is 14.4. The summed E-state index contributed by atoms with van der Waals surface area (Å²) in [5.41, 5.74) is 3.29. The predicted molar refractivity (Wildman–Crippen MR) is 89.8 cm³/mol. The van der Waals surface area contributed by atoms with E-state index >= 15 is 0 Å². The van der Waals surface area contributed by atoms with Crippen LogP contribution in [-0.2, 0) is 4.79 Å². The zero-order valence-electron chi connectivity index (χ0n) is 13.7. The van der Waals surface area contributed by atoms with Crippen LogP contribution >= 0.6 is 11.8 Å². The van der Waals surface area contributed by atoms with Gasteiger partial charge in [-0.2, -0.15) is 4.68 Å². The molecule has 1 aliphatic rings. The van der Waals surface area contributed by atoms with Crippen molar-refractivity contribution in [2.45, 2.75) is 44.0 Å². The molecule has 122 valence electrons. The molecule has 2 heterocycles. The van der Waals surface area contributed by atoms with Gasteiger partial charge in [0.25, 0.3) is 0 Å². The molecule has 6 nitrogen and oxygen atoms in total. The van der Waals surface area contributed by atoms with E-state index in [1.54, 1.807) is 4.68 Å². The lowest BCUT2D eigenvalue weighted by atomic mass is 10.1. The highest BCUT2D eigenvalue weighted by Gasteiger charge is 2.26. The van der Waals surface area contributed by atoms with Gasteiger partial charge in [-0.25, -0.2) is 0 Å². The Hall–Kier alpha value is -1.89. The van der Waals surface area contributed by atoms with Crippen LogP contribution < -0.4 is 0 Å². The molecule has 1 aliphatic heterocycles. The third-order valence-corrected chi connectivity index (χ3v) is 5.31. The lowest BCUT2D eigenvalue weighted by Crippen LogP contribution is -2.34. The highest BCUT2D eigenvalue weighted by molar-refractivity contribution is 8.00. The summed E-state index contributed by atoms with van der Waals surface area (Å²) in [7, 11) is 0. The maximum absolute atomic E-state index is 12.5. The number of tetrazole rings is 1. The van der Waals surface area contributed by atoms with E-state index in [-0.39, 0.29) is 11.2 Å². The van der Waals surface area contributed by atoms with Crippen LogP contribution in [-0.4, -0.2) is 49.4 Å². The molecule has 3 rings (SSSR count). The minimum absolute atomic E-state index is 0.169. The fourth-order valence-electron chi connectivity index (χ4n) is 2.77. The molecule has 7 heteroatoms. The van der Waals surface area contributed by atoms with E-state index in [0.717, 1.165) is 37.2 Å². The Bertz CT molecular complexity index is 708. The zero-order chi connectivity index (χ0) is 16.4. The smallest absolute Gasteiger partial charge is 0.235 e. The van der Waals surface area contributed by atoms with Gasteiger partial charge in [0, 0.05) is 13.1 Å². The number of carbonyl (C=O) groups excluding carboxylic acids is 1. The van der Waals surface area contributed by atoms with Gasteiger partial charge in [0.1, 0.15) is 0 Å². The van der Waals surface area contributed by atoms with Crippen molar-refractivity contribution in [2.24, 2.45) is 0 Å². The first-order chi connectivity index (χ1) is 11.1. The lowest BCUT2D eigenvalue weighted by Gasteiger charge is -2.19. The van der Waals surface area contributed by atoms with Gasteiger partial charge in [-0.1, -0.05) is 23.9 Å². The number of thioether (sulfide) groups is 1. The number of likely N-dealkylation sites (tertiary alicyclic amines) is 1. The highest BCUT2D eigenvalue weighted by Crippen LogP contribution is 2.27. The van der Waals surface area contributed by atoms with E-state index in [0.29, 0.717) is 5.16 Å². The van der Waals surface area contributed by atoms with E-state index in [2.05, 4.69) is 35.4 Å². The van der Waals surface area contributed by atoms with Gasteiger partial charge >= 0.3 is 0 Å². The number of hydrogen-bond donors (Lipinski definition) is 0. The summed E-state index contributed by atoms with van der Waals surface area (Å²) in [6, 6.07) is 6.05. The van der Waals surface area contributed by atoms with Crippen molar-refractivity contribution in [1.29, 1.82) is 0 Å². The maximum Gasteiger partial charge on any atom is 0.235 e. The second-order valence-electron chi connectivity index (χ2n) is 5.88. The monoisotopic (exact) mass is 331 g/mol. The molecule has 1 saturated heterocycles. The molecule has 0 spiro atoms. The Labute approximate surface area is 140 Å². The third-order valence-electron chi connectivity index (χ3n) is 4.29. The number of benzene rings is 1. The predicted octanol–water partition coefficient (Wildman–Crippen LogP) is 2.38. The Morgan fingerprint density at radius 2 is 2.00 bits per heavy atom. The SMILES string of the molecule is Cc1cccc(-n2nnnc2SC(C)C(=O)N2CCCC2)c1C. The van der Waals surface area contributed by atoms with Crippen LogP contribution in [0.2, 0.25) is 0 Å². The van der Waals surface area contributed by atoms with E-state index in [1.165, 1.54) is 17.3 Å².